The molecule has 2 heteroatoms. The predicted molar refractivity (Wildman–Crippen MR) is 179 cm³/mol. The second-order valence-corrected chi connectivity index (χ2v) is 13.0. The first kappa shape index (κ1) is 37.2. The molecular formula is C38H75N2+. The lowest BCUT2D eigenvalue weighted by Gasteiger charge is -2.07. The minimum absolute atomic E-state index is 1.23. The Morgan fingerprint density at radius 1 is 0.425 bits per heavy atom. The molecule has 2 nitrogen and oxygen atoms in total. The Bertz CT molecular complexity index is 619. The summed E-state index contributed by atoms with van der Waals surface area (Å²) in [5.41, 5.74) is 0. The topological polar surface area (TPSA) is 8.81 Å². The maximum atomic E-state index is 2.61. The molecule has 0 spiro atoms. The molecule has 0 aromatic carbocycles. The van der Waals surface area contributed by atoms with Crippen LogP contribution in [0.1, 0.15) is 213 Å². The van der Waals surface area contributed by atoms with Crippen LogP contribution in [-0.4, -0.2) is 4.57 Å². The van der Waals surface area contributed by atoms with Gasteiger partial charge >= 0.3 is 0 Å². The maximum Gasteiger partial charge on any atom is 0.256 e. The van der Waals surface area contributed by atoms with Crippen LogP contribution in [0.3, 0.4) is 0 Å². The predicted octanol–water partition coefficient (Wildman–Crippen LogP) is 12.7. The van der Waals surface area contributed by atoms with Gasteiger partial charge in [-0.15, -0.1) is 0 Å². The fraction of sp³-hybridized carbons (Fsp3) is 0.921. The quantitative estimate of drug-likeness (QED) is 0.0613. The number of aryl methyl sites for hydroxylation is 2. The van der Waals surface area contributed by atoms with Crippen LogP contribution in [0, 0.1) is 0 Å². The van der Waals surface area contributed by atoms with E-state index in [-0.39, 0.29) is 0 Å². The third-order valence-electron chi connectivity index (χ3n) is 9.10. The molecule has 236 valence electrons. The molecule has 1 heterocycles. The second kappa shape index (κ2) is 29.7. The van der Waals surface area contributed by atoms with Crippen molar-refractivity contribution >= 4 is 0 Å². The first-order chi connectivity index (χ1) is 19.8. The molecule has 0 unspecified atom stereocenters. The Morgan fingerprint density at radius 2 is 0.775 bits per heavy atom. The summed E-state index contributed by atoms with van der Waals surface area (Å²) >= 11 is 0. The van der Waals surface area contributed by atoms with Crippen LogP contribution in [0.15, 0.2) is 12.4 Å². The minimum Gasteiger partial charge on any atom is -0.234 e. The van der Waals surface area contributed by atoms with E-state index >= 15 is 0 Å². The SMILES string of the molecule is CCCCCCCCCCCCCCCCCC[n+]1ccn(CCCCCCCCCCCC)c1CCCCC. The second-order valence-electron chi connectivity index (χ2n) is 13.0. The number of imidazole rings is 1. The van der Waals surface area contributed by atoms with Crippen LogP contribution < -0.4 is 4.57 Å². The van der Waals surface area contributed by atoms with Crippen molar-refractivity contribution in [1.29, 1.82) is 0 Å². The van der Waals surface area contributed by atoms with Crippen molar-refractivity contribution in [3.63, 3.8) is 0 Å². The molecule has 0 fully saturated rings. The highest BCUT2D eigenvalue weighted by Crippen LogP contribution is 2.15. The molecule has 0 saturated carbocycles. The van der Waals surface area contributed by atoms with Gasteiger partial charge in [0.25, 0.3) is 5.82 Å². The fourth-order valence-electron chi connectivity index (χ4n) is 6.33. The zero-order valence-corrected chi connectivity index (χ0v) is 28.2. The smallest absolute Gasteiger partial charge is 0.234 e. The van der Waals surface area contributed by atoms with E-state index in [1.165, 1.54) is 206 Å². The highest BCUT2D eigenvalue weighted by molar-refractivity contribution is 4.84. The Hall–Kier alpha value is -0.790. The van der Waals surface area contributed by atoms with Crippen LogP contribution in [0.2, 0.25) is 0 Å². The Balaban J connectivity index is 2.10. The summed E-state index contributed by atoms with van der Waals surface area (Å²) in [6.45, 7) is 9.40. The fourth-order valence-corrected chi connectivity index (χ4v) is 6.33. The highest BCUT2D eigenvalue weighted by atomic mass is 15.1. The standard InChI is InChI=1S/C38H75N2/c1-4-7-10-12-14-16-18-19-20-21-22-23-25-27-29-32-35-40-37-36-39(38(40)33-30-9-6-3)34-31-28-26-24-17-15-13-11-8-5-2/h36-37H,4-35H2,1-3H3/q+1. The van der Waals surface area contributed by atoms with E-state index in [0.29, 0.717) is 0 Å². The molecule has 0 N–H and O–H groups in total. The lowest BCUT2D eigenvalue weighted by molar-refractivity contribution is -0.704. The van der Waals surface area contributed by atoms with E-state index in [2.05, 4.69) is 42.3 Å². The van der Waals surface area contributed by atoms with Gasteiger partial charge in [-0.25, -0.2) is 9.13 Å². The summed E-state index contributed by atoms with van der Waals surface area (Å²) in [7, 11) is 0. The van der Waals surface area contributed by atoms with E-state index < -0.39 is 0 Å². The van der Waals surface area contributed by atoms with Gasteiger partial charge in [-0.2, -0.15) is 0 Å². The molecule has 0 aliphatic carbocycles. The monoisotopic (exact) mass is 560 g/mol. The van der Waals surface area contributed by atoms with Crippen molar-refractivity contribution in [2.24, 2.45) is 0 Å². The van der Waals surface area contributed by atoms with Crippen LogP contribution in [-0.2, 0) is 19.5 Å². The Labute approximate surface area is 253 Å². The van der Waals surface area contributed by atoms with Crippen molar-refractivity contribution in [2.75, 3.05) is 0 Å². The third-order valence-corrected chi connectivity index (χ3v) is 9.10. The Morgan fingerprint density at radius 3 is 1.20 bits per heavy atom. The summed E-state index contributed by atoms with van der Waals surface area (Å²) in [6, 6.07) is 0. The van der Waals surface area contributed by atoms with Crippen molar-refractivity contribution in [1.82, 2.24) is 4.57 Å². The molecule has 0 aliphatic rings. The Kier molecular flexibility index (Phi) is 27.6. The van der Waals surface area contributed by atoms with E-state index in [9.17, 15) is 0 Å². The van der Waals surface area contributed by atoms with Crippen molar-refractivity contribution < 1.29 is 4.57 Å². The van der Waals surface area contributed by atoms with Gasteiger partial charge in [0.2, 0.25) is 0 Å². The van der Waals surface area contributed by atoms with Gasteiger partial charge < -0.3 is 0 Å². The van der Waals surface area contributed by atoms with Crippen LogP contribution in [0.4, 0.5) is 0 Å². The van der Waals surface area contributed by atoms with Gasteiger partial charge in [-0.3, -0.25) is 0 Å². The molecular weight excluding hydrogens is 484 g/mol. The van der Waals surface area contributed by atoms with E-state index in [1.54, 1.807) is 5.82 Å². The first-order valence-corrected chi connectivity index (χ1v) is 18.9. The van der Waals surface area contributed by atoms with Crippen LogP contribution in [0.25, 0.3) is 0 Å². The summed E-state index contributed by atoms with van der Waals surface area (Å²) in [4.78, 5) is 0. The molecule has 0 aliphatic heterocycles. The summed E-state index contributed by atoms with van der Waals surface area (Å²) < 4.78 is 5.21. The average Bonchev–Trinajstić information content (AvgIpc) is 3.35. The minimum atomic E-state index is 1.23. The summed E-state index contributed by atoms with van der Waals surface area (Å²) in [5.74, 6) is 1.60. The molecule has 40 heavy (non-hydrogen) atoms. The number of rotatable bonds is 32. The molecule has 0 amide bonds. The molecule has 1 rings (SSSR count). The van der Waals surface area contributed by atoms with Crippen LogP contribution in [0.5, 0.6) is 0 Å². The lowest BCUT2D eigenvalue weighted by atomic mass is 10.0. The van der Waals surface area contributed by atoms with Gasteiger partial charge in [0.1, 0.15) is 12.4 Å². The van der Waals surface area contributed by atoms with E-state index in [4.69, 9.17) is 0 Å². The highest BCUT2D eigenvalue weighted by Gasteiger charge is 2.16. The van der Waals surface area contributed by atoms with Crippen molar-refractivity contribution in [2.45, 2.75) is 226 Å². The number of aromatic nitrogens is 2. The van der Waals surface area contributed by atoms with Gasteiger partial charge in [0.15, 0.2) is 0 Å². The third kappa shape index (κ3) is 21.9. The normalized spacial score (nSPS) is 11.6. The molecule has 0 atom stereocenters. The summed E-state index contributed by atoms with van der Waals surface area (Å²) in [5, 5.41) is 0. The van der Waals surface area contributed by atoms with E-state index in [1.807, 2.05) is 0 Å². The van der Waals surface area contributed by atoms with Crippen molar-refractivity contribution in [3.05, 3.63) is 18.2 Å². The lowest BCUT2D eigenvalue weighted by Crippen LogP contribution is -2.37. The molecule has 0 saturated heterocycles. The molecule has 0 radical (unpaired) electrons. The first-order valence-electron chi connectivity index (χ1n) is 18.9. The van der Waals surface area contributed by atoms with Gasteiger partial charge in [0.05, 0.1) is 13.1 Å². The van der Waals surface area contributed by atoms with Gasteiger partial charge in [-0.1, -0.05) is 175 Å². The van der Waals surface area contributed by atoms with Crippen LogP contribution >= 0.6 is 0 Å². The number of unbranched alkanes of at least 4 members (excludes halogenated alkanes) is 26. The average molecular weight is 560 g/mol. The van der Waals surface area contributed by atoms with Gasteiger partial charge in [0, 0.05) is 6.42 Å². The zero-order valence-electron chi connectivity index (χ0n) is 28.2. The number of hydrogen-bond donors (Lipinski definition) is 0. The van der Waals surface area contributed by atoms with E-state index in [0.717, 1.165) is 0 Å². The van der Waals surface area contributed by atoms with Gasteiger partial charge in [-0.05, 0) is 32.1 Å². The largest absolute Gasteiger partial charge is 0.256 e. The molecule has 1 aromatic rings. The summed E-state index contributed by atoms with van der Waals surface area (Å²) in [6.07, 6.45) is 47.5. The molecule has 0 bridgehead atoms. The van der Waals surface area contributed by atoms with Crippen molar-refractivity contribution in [3.8, 4) is 0 Å². The molecule has 1 aromatic heterocycles. The zero-order chi connectivity index (χ0) is 28.8. The maximum absolute atomic E-state index is 2.61. The number of nitrogens with zero attached hydrogens (tertiary/aromatic N) is 2. The number of hydrogen-bond acceptors (Lipinski definition) is 0.